The van der Waals surface area contributed by atoms with E-state index in [0.717, 1.165) is 18.1 Å². The molecule has 0 fully saturated rings. The van der Waals surface area contributed by atoms with Crippen molar-refractivity contribution in [1.29, 1.82) is 0 Å². The van der Waals surface area contributed by atoms with E-state index in [4.69, 9.17) is 0 Å². The average molecular weight is 279 g/mol. The Hall–Kier alpha value is -2.30. The third-order valence-corrected chi connectivity index (χ3v) is 2.90. The van der Waals surface area contributed by atoms with E-state index in [-0.39, 0.29) is 0 Å². The lowest BCUT2D eigenvalue weighted by Gasteiger charge is -2.07. The number of rotatable bonds is 3. The standard InChI is InChI=1S/C15H12F3NO/c1-2-9-3-5-10(6-4-9)19-15(20)11-7-8-12(16)14(18)13(11)17/h3-8H,2H2,1H3,(H,19,20). The van der Waals surface area contributed by atoms with Crippen molar-refractivity contribution < 1.29 is 18.0 Å². The first-order valence-electron chi connectivity index (χ1n) is 6.06. The molecule has 2 aromatic rings. The molecule has 0 saturated carbocycles. The average Bonchev–Trinajstić information content (AvgIpc) is 2.45. The van der Waals surface area contributed by atoms with Gasteiger partial charge in [0.2, 0.25) is 0 Å². The highest BCUT2D eigenvalue weighted by Crippen LogP contribution is 2.17. The highest BCUT2D eigenvalue weighted by atomic mass is 19.2. The molecule has 0 unspecified atom stereocenters. The first kappa shape index (κ1) is 14.1. The topological polar surface area (TPSA) is 29.1 Å². The Morgan fingerprint density at radius 2 is 1.65 bits per heavy atom. The van der Waals surface area contributed by atoms with Crippen LogP contribution in [0.3, 0.4) is 0 Å². The molecular weight excluding hydrogens is 267 g/mol. The summed E-state index contributed by atoms with van der Waals surface area (Å²) in [5.74, 6) is -5.30. The molecule has 2 aromatic carbocycles. The Labute approximate surface area is 114 Å². The summed E-state index contributed by atoms with van der Waals surface area (Å²) in [6, 6.07) is 8.58. The van der Waals surface area contributed by atoms with Crippen LogP contribution in [0.5, 0.6) is 0 Å². The van der Waals surface area contributed by atoms with Crippen LogP contribution in [-0.4, -0.2) is 5.91 Å². The van der Waals surface area contributed by atoms with Crippen molar-refractivity contribution in [2.24, 2.45) is 0 Å². The molecule has 1 amide bonds. The SMILES string of the molecule is CCc1ccc(NC(=O)c2ccc(F)c(F)c2F)cc1. The van der Waals surface area contributed by atoms with E-state index in [1.54, 1.807) is 12.1 Å². The van der Waals surface area contributed by atoms with Gasteiger partial charge in [0.15, 0.2) is 17.5 Å². The molecule has 0 radical (unpaired) electrons. The lowest BCUT2D eigenvalue weighted by molar-refractivity contribution is 0.102. The summed E-state index contributed by atoms with van der Waals surface area (Å²) in [5, 5.41) is 2.43. The van der Waals surface area contributed by atoms with Crippen molar-refractivity contribution in [3.63, 3.8) is 0 Å². The molecular formula is C15H12F3NO. The third-order valence-electron chi connectivity index (χ3n) is 2.90. The van der Waals surface area contributed by atoms with Gasteiger partial charge in [-0.05, 0) is 36.2 Å². The lowest BCUT2D eigenvalue weighted by Crippen LogP contribution is -2.15. The second-order valence-corrected chi connectivity index (χ2v) is 4.23. The number of carbonyl (C=O) groups excluding carboxylic acids is 1. The Morgan fingerprint density at radius 3 is 2.25 bits per heavy atom. The largest absolute Gasteiger partial charge is 0.322 e. The Balaban J connectivity index is 2.21. The van der Waals surface area contributed by atoms with Crippen molar-refractivity contribution in [3.8, 4) is 0 Å². The molecule has 2 rings (SSSR count). The molecule has 0 aliphatic heterocycles. The van der Waals surface area contributed by atoms with Crippen molar-refractivity contribution in [1.82, 2.24) is 0 Å². The molecule has 2 nitrogen and oxygen atoms in total. The minimum Gasteiger partial charge on any atom is -0.322 e. The highest BCUT2D eigenvalue weighted by molar-refractivity contribution is 6.04. The van der Waals surface area contributed by atoms with E-state index in [1.165, 1.54) is 0 Å². The molecule has 0 spiro atoms. The van der Waals surface area contributed by atoms with Gasteiger partial charge in [0.05, 0.1) is 5.56 Å². The van der Waals surface area contributed by atoms with Gasteiger partial charge >= 0.3 is 0 Å². The summed E-state index contributed by atoms with van der Waals surface area (Å²) >= 11 is 0. The van der Waals surface area contributed by atoms with Crippen LogP contribution in [0.2, 0.25) is 0 Å². The van der Waals surface area contributed by atoms with E-state index in [1.807, 2.05) is 19.1 Å². The van der Waals surface area contributed by atoms with E-state index >= 15 is 0 Å². The summed E-state index contributed by atoms with van der Waals surface area (Å²) in [7, 11) is 0. The number of aryl methyl sites for hydroxylation is 1. The Morgan fingerprint density at radius 1 is 1.00 bits per heavy atom. The van der Waals surface area contributed by atoms with Crippen LogP contribution in [0.1, 0.15) is 22.8 Å². The molecule has 0 aromatic heterocycles. The van der Waals surface area contributed by atoms with Crippen molar-refractivity contribution >= 4 is 11.6 Å². The number of amides is 1. The van der Waals surface area contributed by atoms with Gasteiger partial charge in [0.1, 0.15) is 0 Å². The molecule has 0 heterocycles. The second-order valence-electron chi connectivity index (χ2n) is 4.23. The van der Waals surface area contributed by atoms with Gasteiger partial charge in [-0.15, -0.1) is 0 Å². The van der Waals surface area contributed by atoms with Gasteiger partial charge in [0.25, 0.3) is 5.91 Å². The highest BCUT2D eigenvalue weighted by Gasteiger charge is 2.18. The molecule has 104 valence electrons. The summed E-state index contributed by atoms with van der Waals surface area (Å²) in [6.45, 7) is 1.99. The van der Waals surface area contributed by atoms with Crippen molar-refractivity contribution in [2.75, 3.05) is 5.32 Å². The van der Waals surface area contributed by atoms with Crippen molar-refractivity contribution in [2.45, 2.75) is 13.3 Å². The number of benzene rings is 2. The van der Waals surface area contributed by atoms with Gasteiger partial charge < -0.3 is 5.32 Å². The van der Waals surface area contributed by atoms with Crippen LogP contribution >= 0.6 is 0 Å². The van der Waals surface area contributed by atoms with Gasteiger partial charge in [-0.25, -0.2) is 13.2 Å². The van der Waals surface area contributed by atoms with Crippen LogP contribution in [-0.2, 0) is 6.42 Å². The third kappa shape index (κ3) is 2.82. The minimum atomic E-state index is -1.65. The number of anilines is 1. The summed E-state index contributed by atoms with van der Waals surface area (Å²) in [5.41, 5.74) is 1.00. The predicted molar refractivity (Wildman–Crippen MR) is 70.1 cm³/mol. The number of carbonyl (C=O) groups is 1. The van der Waals surface area contributed by atoms with Gasteiger partial charge in [-0.1, -0.05) is 19.1 Å². The Kier molecular flexibility index (Phi) is 4.08. The van der Waals surface area contributed by atoms with Crippen LogP contribution in [0, 0.1) is 17.5 Å². The first-order valence-corrected chi connectivity index (χ1v) is 6.06. The van der Waals surface area contributed by atoms with E-state index in [2.05, 4.69) is 5.32 Å². The second kappa shape index (κ2) is 5.77. The van der Waals surface area contributed by atoms with Gasteiger partial charge in [-0.2, -0.15) is 0 Å². The Bertz CT molecular complexity index is 638. The summed E-state index contributed by atoms with van der Waals surface area (Å²) in [4.78, 5) is 11.8. The number of hydrogen-bond donors (Lipinski definition) is 1. The normalized spacial score (nSPS) is 10.4. The van der Waals surface area contributed by atoms with Crippen LogP contribution < -0.4 is 5.32 Å². The molecule has 0 atom stereocenters. The monoisotopic (exact) mass is 279 g/mol. The number of hydrogen-bond acceptors (Lipinski definition) is 1. The van der Waals surface area contributed by atoms with Gasteiger partial charge in [-0.3, -0.25) is 4.79 Å². The van der Waals surface area contributed by atoms with E-state index in [0.29, 0.717) is 11.8 Å². The zero-order valence-electron chi connectivity index (χ0n) is 10.7. The smallest absolute Gasteiger partial charge is 0.258 e. The lowest BCUT2D eigenvalue weighted by atomic mass is 10.1. The van der Waals surface area contributed by atoms with Crippen LogP contribution in [0.25, 0.3) is 0 Å². The molecule has 20 heavy (non-hydrogen) atoms. The van der Waals surface area contributed by atoms with Crippen LogP contribution in [0.15, 0.2) is 36.4 Å². The molecule has 0 aliphatic carbocycles. The maximum Gasteiger partial charge on any atom is 0.258 e. The fourth-order valence-corrected chi connectivity index (χ4v) is 1.72. The molecule has 0 aliphatic rings. The predicted octanol–water partition coefficient (Wildman–Crippen LogP) is 3.92. The van der Waals surface area contributed by atoms with E-state index in [9.17, 15) is 18.0 Å². The van der Waals surface area contributed by atoms with Crippen molar-refractivity contribution in [3.05, 3.63) is 65.0 Å². The summed E-state index contributed by atoms with van der Waals surface area (Å²) in [6.07, 6.45) is 0.853. The zero-order valence-corrected chi connectivity index (χ0v) is 10.7. The first-order chi connectivity index (χ1) is 9.52. The maximum absolute atomic E-state index is 13.5. The fraction of sp³-hybridized carbons (Fsp3) is 0.133. The maximum atomic E-state index is 13.5. The zero-order chi connectivity index (χ0) is 14.7. The molecule has 5 heteroatoms. The fourth-order valence-electron chi connectivity index (χ4n) is 1.72. The minimum absolute atomic E-state index is 0.455. The van der Waals surface area contributed by atoms with Crippen LogP contribution in [0.4, 0.5) is 18.9 Å². The molecule has 0 saturated heterocycles. The van der Waals surface area contributed by atoms with E-state index < -0.39 is 28.9 Å². The van der Waals surface area contributed by atoms with Gasteiger partial charge in [0, 0.05) is 5.69 Å². The quantitative estimate of drug-likeness (QED) is 0.848. The summed E-state index contributed by atoms with van der Waals surface area (Å²) < 4.78 is 39.3. The number of halogens is 3. The number of nitrogens with one attached hydrogen (secondary N) is 1. The molecule has 0 bridgehead atoms. The molecule has 1 N–H and O–H groups in total.